The van der Waals surface area contributed by atoms with Gasteiger partial charge in [-0.2, -0.15) is 0 Å². The highest BCUT2D eigenvalue weighted by atomic mass is 16.2. The van der Waals surface area contributed by atoms with Crippen molar-refractivity contribution in [3.63, 3.8) is 0 Å². The predicted octanol–water partition coefficient (Wildman–Crippen LogP) is 1.41. The predicted molar refractivity (Wildman–Crippen MR) is 111 cm³/mol. The minimum Gasteiger partial charge on any atom is -0.354 e. The molecule has 7 heteroatoms. The van der Waals surface area contributed by atoms with E-state index in [4.69, 9.17) is 0 Å². The van der Waals surface area contributed by atoms with Gasteiger partial charge in [-0.15, -0.1) is 0 Å². The smallest absolute Gasteiger partial charge is 0.236 e. The van der Waals surface area contributed by atoms with Crippen LogP contribution >= 0.6 is 0 Å². The first-order chi connectivity index (χ1) is 14.0. The summed E-state index contributed by atoms with van der Waals surface area (Å²) in [4.78, 5) is 43.5. The molecule has 2 aliphatic heterocycles. The van der Waals surface area contributed by atoms with Crippen molar-refractivity contribution in [2.45, 2.75) is 38.6 Å². The Labute approximate surface area is 173 Å². The van der Waals surface area contributed by atoms with Crippen LogP contribution in [0.4, 0.5) is 0 Å². The first kappa shape index (κ1) is 21.3. The zero-order chi connectivity index (χ0) is 20.6. The third-order valence-corrected chi connectivity index (χ3v) is 5.78. The van der Waals surface area contributed by atoms with Crippen molar-refractivity contribution in [2.24, 2.45) is 0 Å². The molecule has 1 aromatic carbocycles. The summed E-state index contributed by atoms with van der Waals surface area (Å²) in [6.45, 7) is 6.01. The van der Waals surface area contributed by atoms with E-state index in [1.165, 1.54) is 0 Å². The fourth-order valence-electron chi connectivity index (χ4n) is 4.22. The van der Waals surface area contributed by atoms with E-state index in [9.17, 15) is 14.4 Å². The average molecular weight is 401 g/mol. The molecule has 7 nitrogen and oxygen atoms in total. The Morgan fingerprint density at radius 1 is 1.00 bits per heavy atom. The zero-order valence-electron chi connectivity index (χ0n) is 17.3. The van der Waals surface area contributed by atoms with Gasteiger partial charge in [0, 0.05) is 33.1 Å². The van der Waals surface area contributed by atoms with Crippen LogP contribution in [0.5, 0.6) is 0 Å². The summed E-state index contributed by atoms with van der Waals surface area (Å²) in [5.74, 6) is -0.0471. The molecule has 3 amide bonds. The van der Waals surface area contributed by atoms with E-state index >= 15 is 0 Å². The summed E-state index contributed by atoms with van der Waals surface area (Å²) < 4.78 is 0. The van der Waals surface area contributed by atoms with E-state index in [2.05, 4.69) is 10.2 Å². The van der Waals surface area contributed by atoms with Crippen molar-refractivity contribution < 1.29 is 14.4 Å². The number of carbonyl (C=O) groups excluding carboxylic acids is 3. The molecule has 0 saturated carbocycles. The number of benzene rings is 1. The molecular weight excluding hydrogens is 368 g/mol. The highest BCUT2D eigenvalue weighted by molar-refractivity contribution is 5.80. The van der Waals surface area contributed by atoms with Gasteiger partial charge in [0.2, 0.25) is 17.7 Å². The highest BCUT2D eigenvalue weighted by Crippen LogP contribution is 2.25. The molecular formula is C22H32N4O3. The number of carbonyl (C=O) groups is 3. The summed E-state index contributed by atoms with van der Waals surface area (Å²) in [5.41, 5.74) is 0.957. The number of nitrogens with one attached hydrogen (secondary N) is 1. The fourth-order valence-corrected chi connectivity index (χ4v) is 4.22. The van der Waals surface area contributed by atoms with Gasteiger partial charge in [0.25, 0.3) is 0 Å². The molecule has 0 aromatic heterocycles. The molecule has 1 aromatic rings. The van der Waals surface area contributed by atoms with E-state index < -0.39 is 0 Å². The van der Waals surface area contributed by atoms with Gasteiger partial charge in [-0.25, -0.2) is 0 Å². The quantitative estimate of drug-likeness (QED) is 0.833. The first-order valence-electron chi connectivity index (χ1n) is 10.6. The van der Waals surface area contributed by atoms with E-state index in [0.717, 1.165) is 31.5 Å². The molecule has 0 spiro atoms. The number of rotatable bonds is 3. The SMILES string of the molecule is CC(=O)N1CCCN(C(=O)CN2CCCC2)CCNC(=O)CC1c1ccccc1. The Hall–Kier alpha value is -2.41. The molecule has 158 valence electrons. The summed E-state index contributed by atoms with van der Waals surface area (Å²) in [6, 6.07) is 9.40. The van der Waals surface area contributed by atoms with Crippen LogP contribution in [0, 0.1) is 0 Å². The van der Waals surface area contributed by atoms with Gasteiger partial charge >= 0.3 is 0 Å². The molecule has 1 atom stereocenters. The van der Waals surface area contributed by atoms with Crippen molar-refractivity contribution in [3.05, 3.63) is 35.9 Å². The van der Waals surface area contributed by atoms with Crippen LogP contribution in [0.25, 0.3) is 0 Å². The Morgan fingerprint density at radius 2 is 1.72 bits per heavy atom. The van der Waals surface area contributed by atoms with Gasteiger partial charge in [-0.05, 0) is 37.9 Å². The van der Waals surface area contributed by atoms with Crippen molar-refractivity contribution >= 4 is 17.7 Å². The first-order valence-corrected chi connectivity index (χ1v) is 10.6. The fraction of sp³-hybridized carbons (Fsp3) is 0.591. The van der Waals surface area contributed by atoms with Crippen LogP contribution in [0.3, 0.4) is 0 Å². The lowest BCUT2D eigenvalue weighted by Gasteiger charge is -2.31. The van der Waals surface area contributed by atoms with Gasteiger partial charge in [0.15, 0.2) is 0 Å². The number of nitrogens with zero attached hydrogens (tertiary/aromatic N) is 3. The maximum atomic E-state index is 12.8. The van der Waals surface area contributed by atoms with Gasteiger partial charge < -0.3 is 15.1 Å². The maximum absolute atomic E-state index is 12.8. The molecule has 3 rings (SSSR count). The summed E-state index contributed by atoms with van der Waals surface area (Å²) in [7, 11) is 0. The second kappa shape index (κ2) is 10.4. The molecule has 0 aliphatic carbocycles. The van der Waals surface area contributed by atoms with Crippen LogP contribution in [0.15, 0.2) is 30.3 Å². The summed E-state index contributed by atoms with van der Waals surface area (Å²) in [6.07, 6.45) is 3.23. The number of hydrogen-bond acceptors (Lipinski definition) is 4. The van der Waals surface area contributed by atoms with Crippen LogP contribution < -0.4 is 5.32 Å². The van der Waals surface area contributed by atoms with Crippen LogP contribution in [0.1, 0.15) is 44.2 Å². The van der Waals surface area contributed by atoms with Crippen molar-refractivity contribution in [3.8, 4) is 0 Å². The van der Waals surface area contributed by atoms with Gasteiger partial charge in [-0.3, -0.25) is 19.3 Å². The lowest BCUT2D eigenvalue weighted by molar-refractivity contribution is -0.133. The normalized spacial score (nSPS) is 22.1. The van der Waals surface area contributed by atoms with E-state index in [-0.39, 0.29) is 30.2 Å². The minimum absolute atomic E-state index is 0.0548. The largest absolute Gasteiger partial charge is 0.354 e. The second-order valence-electron chi connectivity index (χ2n) is 7.91. The van der Waals surface area contributed by atoms with E-state index in [1.54, 1.807) is 11.8 Å². The zero-order valence-corrected chi connectivity index (χ0v) is 17.3. The van der Waals surface area contributed by atoms with E-state index in [0.29, 0.717) is 39.1 Å². The highest BCUT2D eigenvalue weighted by Gasteiger charge is 2.27. The Morgan fingerprint density at radius 3 is 2.41 bits per heavy atom. The topological polar surface area (TPSA) is 73.0 Å². The standard InChI is InChI=1S/C22H32N4O3/c1-18(27)26-14-7-13-25(22(29)17-24-11-5-6-12-24)15-10-23-21(28)16-20(26)19-8-3-2-4-9-19/h2-4,8-9,20H,5-7,10-17H2,1H3,(H,23,28). The van der Waals surface area contributed by atoms with Gasteiger partial charge in [-0.1, -0.05) is 30.3 Å². The van der Waals surface area contributed by atoms with Crippen molar-refractivity contribution in [1.29, 1.82) is 0 Å². The van der Waals surface area contributed by atoms with Gasteiger partial charge in [0.1, 0.15) is 0 Å². The Kier molecular flexibility index (Phi) is 7.63. The van der Waals surface area contributed by atoms with Crippen LogP contribution in [0.2, 0.25) is 0 Å². The lowest BCUT2D eigenvalue weighted by atomic mass is 10.0. The Balaban J connectivity index is 1.71. The molecule has 2 aliphatic rings. The summed E-state index contributed by atoms with van der Waals surface area (Å²) >= 11 is 0. The number of hydrogen-bond donors (Lipinski definition) is 1. The third-order valence-electron chi connectivity index (χ3n) is 5.78. The van der Waals surface area contributed by atoms with Gasteiger partial charge in [0.05, 0.1) is 19.0 Å². The summed E-state index contributed by atoms with van der Waals surface area (Å²) in [5, 5.41) is 2.93. The van der Waals surface area contributed by atoms with Crippen molar-refractivity contribution in [2.75, 3.05) is 45.8 Å². The number of amides is 3. The molecule has 2 saturated heterocycles. The minimum atomic E-state index is -0.291. The van der Waals surface area contributed by atoms with Crippen LogP contribution in [-0.4, -0.2) is 78.2 Å². The molecule has 0 radical (unpaired) electrons. The monoisotopic (exact) mass is 400 g/mol. The van der Waals surface area contributed by atoms with E-state index in [1.807, 2.05) is 35.2 Å². The molecule has 1 N–H and O–H groups in total. The molecule has 0 bridgehead atoms. The lowest BCUT2D eigenvalue weighted by Crippen LogP contribution is -2.43. The molecule has 29 heavy (non-hydrogen) atoms. The maximum Gasteiger partial charge on any atom is 0.236 e. The molecule has 1 unspecified atom stereocenters. The molecule has 2 fully saturated rings. The Bertz CT molecular complexity index is 703. The van der Waals surface area contributed by atoms with Crippen LogP contribution in [-0.2, 0) is 14.4 Å². The third kappa shape index (κ3) is 6.03. The number of likely N-dealkylation sites (tertiary alicyclic amines) is 1. The average Bonchev–Trinajstić information content (AvgIpc) is 3.20. The second-order valence-corrected chi connectivity index (χ2v) is 7.91. The van der Waals surface area contributed by atoms with Crippen molar-refractivity contribution in [1.82, 2.24) is 20.0 Å². The molecule has 2 heterocycles.